The van der Waals surface area contributed by atoms with Crippen LogP contribution >= 0.6 is 0 Å². The van der Waals surface area contributed by atoms with Crippen LogP contribution in [0.5, 0.6) is 0 Å². The molecule has 1 saturated heterocycles. The van der Waals surface area contributed by atoms with Crippen LogP contribution in [0.25, 0.3) is 5.65 Å². The Labute approximate surface area is 110 Å². The number of aromatic carboxylic acids is 1. The SMILES string of the molecule is O=C(O)c1ccc2nc(CC3CCNCC3)nn2c1. The zero-order chi connectivity index (χ0) is 13.2. The summed E-state index contributed by atoms with van der Waals surface area (Å²) in [5, 5.41) is 16.7. The maximum Gasteiger partial charge on any atom is 0.337 e. The van der Waals surface area contributed by atoms with Crippen molar-refractivity contribution in [3.63, 3.8) is 0 Å². The third-order valence-corrected chi connectivity index (χ3v) is 3.55. The number of carboxylic acid groups (broad SMARTS) is 1. The van der Waals surface area contributed by atoms with Crippen LogP contribution in [0.4, 0.5) is 0 Å². The Morgan fingerprint density at radius 2 is 2.21 bits per heavy atom. The Morgan fingerprint density at radius 3 is 2.95 bits per heavy atom. The molecule has 3 heterocycles. The summed E-state index contributed by atoms with van der Waals surface area (Å²) in [7, 11) is 0. The lowest BCUT2D eigenvalue weighted by atomic mass is 9.94. The summed E-state index contributed by atoms with van der Waals surface area (Å²) < 4.78 is 1.56. The van der Waals surface area contributed by atoms with E-state index in [0.29, 0.717) is 11.6 Å². The predicted octanol–water partition coefficient (Wildman–Crippen LogP) is 0.970. The van der Waals surface area contributed by atoms with Gasteiger partial charge in [0.25, 0.3) is 0 Å². The number of rotatable bonds is 3. The van der Waals surface area contributed by atoms with Gasteiger partial charge in [-0.2, -0.15) is 5.10 Å². The molecule has 0 amide bonds. The molecule has 1 fully saturated rings. The number of fused-ring (bicyclic) bond motifs is 1. The van der Waals surface area contributed by atoms with Gasteiger partial charge in [0.2, 0.25) is 0 Å². The fraction of sp³-hybridized carbons (Fsp3) is 0.462. The van der Waals surface area contributed by atoms with Gasteiger partial charge in [-0.25, -0.2) is 14.3 Å². The third kappa shape index (κ3) is 2.58. The Morgan fingerprint density at radius 1 is 1.42 bits per heavy atom. The molecule has 2 aromatic heterocycles. The molecule has 0 unspecified atom stereocenters. The minimum Gasteiger partial charge on any atom is -0.478 e. The number of piperidine rings is 1. The van der Waals surface area contributed by atoms with Crippen molar-refractivity contribution in [1.82, 2.24) is 19.9 Å². The van der Waals surface area contributed by atoms with Gasteiger partial charge < -0.3 is 10.4 Å². The van der Waals surface area contributed by atoms with E-state index in [2.05, 4.69) is 15.4 Å². The van der Waals surface area contributed by atoms with Crippen molar-refractivity contribution in [3.8, 4) is 0 Å². The maximum atomic E-state index is 10.9. The van der Waals surface area contributed by atoms with Gasteiger partial charge in [-0.05, 0) is 44.0 Å². The highest BCUT2D eigenvalue weighted by Gasteiger charge is 2.16. The number of carbonyl (C=O) groups is 1. The average molecular weight is 260 g/mol. The largest absolute Gasteiger partial charge is 0.478 e. The summed E-state index contributed by atoms with van der Waals surface area (Å²) in [6, 6.07) is 3.25. The molecule has 0 aromatic carbocycles. The van der Waals surface area contributed by atoms with Gasteiger partial charge in [0, 0.05) is 12.6 Å². The molecule has 0 atom stereocenters. The molecule has 6 heteroatoms. The van der Waals surface area contributed by atoms with Crippen LogP contribution in [0, 0.1) is 5.92 Å². The summed E-state index contributed by atoms with van der Waals surface area (Å²) in [6.07, 6.45) is 4.67. The van der Waals surface area contributed by atoms with Crippen molar-refractivity contribution in [3.05, 3.63) is 29.7 Å². The van der Waals surface area contributed by atoms with Crippen molar-refractivity contribution in [2.45, 2.75) is 19.3 Å². The second-order valence-electron chi connectivity index (χ2n) is 4.95. The van der Waals surface area contributed by atoms with E-state index >= 15 is 0 Å². The Bertz CT molecular complexity index is 602. The molecule has 19 heavy (non-hydrogen) atoms. The van der Waals surface area contributed by atoms with Gasteiger partial charge in [-0.15, -0.1) is 0 Å². The second kappa shape index (κ2) is 4.97. The highest BCUT2D eigenvalue weighted by Crippen LogP contribution is 2.16. The molecule has 2 N–H and O–H groups in total. The van der Waals surface area contributed by atoms with E-state index in [0.717, 1.165) is 38.2 Å². The minimum atomic E-state index is -0.947. The van der Waals surface area contributed by atoms with E-state index in [-0.39, 0.29) is 5.56 Å². The molecule has 100 valence electrons. The van der Waals surface area contributed by atoms with E-state index in [1.54, 1.807) is 16.6 Å². The molecule has 0 radical (unpaired) electrons. The van der Waals surface area contributed by atoms with Crippen LogP contribution in [0.3, 0.4) is 0 Å². The average Bonchev–Trinajstić information content (AvgIpc) is 2.80. The fourth-order valence-corrected chi connectivity index (χ4v) is 2.49. The minimum absolute atomic E-state index is 0.228. The first-order valence-corrected chi connectivity index (χ1v) is 6.52. The molecular weight excluding hydrogens is 244 g/mol. The highest BCUT2D eigenvalue weighted by atomic mass is 16.4. The quantitative estimate of drug-likeness (QED) is 0.859. The topological polar surface area (TPSA) is 79.5 Å². The number of hydrogen-bond donors (Lipinski definition) is 2. The van der Waals surface area contributed by atoms with Crippen molar-refractivity contribution < 1.29 is 9.90 Å². The van der Waals surface area contributed by atoms with E-state index in [1.807, 2.05) is 0 Å². The molecule has 3 rings (SSSR count). The number of nitrogens with zero attached hydrogens (tertiary/aromatic N) is 3. The normalized spacial score (nSPS) is 16.8. The summed E-state index contributed by atoms with van der Waals surface area (Å²) in [5.41, 5.74) is 0.930. The monoisotopic (exact) mass is 260 g/mol. The smallest absolute Gasteiger partial charge is 0.337 e. The van der Waals surface area contributed by atoms with Crippen LogP contribution < -0.4 is 5.32 Å². The molecule has 1 aliphatic rings. The van der Waals surface area contributed by atoms with Crippen molar-refractivity contribution in [1.29, 1.82) is 0 Å². The molecule has 0 aliphatic carbocycles. The predicted molar refractivity (Wildman–Crippen MR) is 69.2 cm³/mol. The fourth-order valence-electron chi connectivity index (χ4n) is 2.49. The molecule has 0 spiro atoms. The maximum absolute atomic E-state index is 10.9. The third-order valence-electron chi connectivity index (χ3n) is 3.55. The standard InChI is InChI=1S/C13H16N4O2/c18-13(19)10-1-2-12-15-11(16-17(12)8-10)7-9-3-5-14-6-4-9/h1-2,8-9,14H,3-7H2,(H,18,19). The van der Waals surface area contributed by atoms with Crippen molar-refractivity contribution in [2.75, 3.05) is 13.1 Å². The van der Waals surface area contributed by atoms with Gasteiger partial charge in [-0.1, -0.05) is 0 Å². The number of pyridine rings is 1. The Kier molecular flexibility index (Phi) is 3.16. The second-order valence-corrected chi connectivity index (χ2v) is 4.95. The van der Waals surface area contributed by atoms with Crippen LogP contribution in [-0.2, 0) is 6.42 Å². The first-order chi connectivity index (χ1) is 9.22. The first kappa shape index (κ1) is 12.1. The van der Waals surface area contributed by atoms with Gasteiger partial charge >= 0.3 is 5.97 Å². The summed E-state index contributed by atoms with van der Waals surface area (Å²) >= 11 is 0. The van der Waals surface area contributed by atoms with Gasteiger partial charge in [-0.3, -0.25) is 0 Å². The summed E-state index contributed by atoms with van der Waals surface area (Å²) in [6.45, 7) is 2.11. The summed E-state index contributed by atoms with van der Waals surface area (Å²) in [5.74, 6) is 0.476. The zero-order valence-electron chi connectivity index (χ0n) is 10.5. The lowest BCUT2D eigenvalue weighted by molar-refractivity contribution is 0.0696. The van der Waals surface area contributed by atoms with E-state index in [1.165, 1.54) is 6.20 Å². The van der Waals surface area contributed by atoms with Crippen LogP contribution in [0.2, 0.25) is 0 Å². The highest BCUT2D eigenvalue weighted by molar-refractivity contribution is 5.87. The first-order valence-electron chi connectivity index (χ1n) is 6.52. The van der Waals surface area contributed by atoms with Crippen LogP contribution in [0.15, 0.2) is 18.3 Å². The summed E-state index contributed by atoms with van der Waals surface area (Å²) in [4.78, 5) is 15.3. The number of hydrogen-bond acceptors (Lipinski definition) is 4. The molecular formula is C13H16N4O2. The van der Waals surface area contributed by atoms with Crippen molar-refractivity contribution >= 4 is 11.6 Å². The Hall–Kier alpha value is -1.95. The lowest BCUT2D eigenvalue weighted by Gasteiger charge is -2.20. The lowest BCUT2D eigenvalue weighted by Crippen LogP contribution is -2.28. The Balaban J connectivity index is 1.82. The zero-order valence-corrected chi connectivity index (χ0v) is 10.5. The molecule has 2 aromatic rings. The molecule has 1 aliphatic heterocycles. The van der Waals surface area contributed by atoms with Gasteiger partial charge in [0.05, 0.1) is 5.56 Å². The van der Waals surface area contributed by atoms with Crippen LogP contribution in [0.1, 0.15) is 29.0 Å². The van der Waals surface area contributed by atoms with E-state index in [4.69, 9.17) is 5.11 Å². The van der Waals surface area contributed by atoms with E-state index < -0.39 is 5.97 Å². The van der Waals surface area contributed by atoms with Crippen molar-refractivity contribution in [2.24, 2.45) is 5.92 Å². The van der Waals surface area contributed by atoms with Gasteiger partial charge in [0.1, 0.15) is 0 Å². The van der Waals surface area contributed by atoms with Gasteiger partial charge in [0.15, 0.2) is 11.5 Å². The number of carboxylic acids is 1. The molecule has 6 nitrogen and oxygen atoms in total. The van der Waals surface area contributed by atoms with E-state index in [9.17, 15) is 4.79 Å². The number of nitrogens with one attached hydrogen (secondary N) is 1. The molecule has 0 bridgehead atoms. The number of aromatic nitrogens is 3. The van der Waals surface area contributed by atoms with Crippen LogP contribution in [-0.4, -0.2) is 38.8 Å². The molecule has 0 saturated carbocycles.